The van der Waals surface area contributed by atoms with Crippen LogP contribution in [0.1, 0.15) is 30.0 Å². The molecular formula is C16H18BrN3O. The van der Waals surface area contributed by atoms with Crippen molar-refractivity contribution in [2.24, 2.45) is 0 Å². The highest BCUT2D eigenvalue weighted by Gasteiger charge is 2.27. The summed E-state index contributed by atoms with van der Waals surface area (Å²) in [6.45, 7) is 0.455. The van der Waals surface area contributed by atoms with Gasteiger partial charge in [-0.3, -0.25) is 0 Å². The molecule has 0 unspecified atom stereocenters. The standard InChI is InChI=1S/C16H18BrN3O/c1-18-16-14(17)13(9-21-2)19-15(20-16)12-6-4-3-5-11(12)10-7-8-10/h3-6,10H,7-9H2,1-2H3,(H,18,19,20). The minimum Gasteiger partial charge on any atom is -0.378 e. The van der Waals surface area contributed by atoms with Crippen LogP contribution in [0.4, 0.5) is 5.82 Å². The molecule has 0 spiro atoms. The Balaban J connectivity index is 2.11. The lowest BCUT2D eigenvalue weighted by atomic mass is 10.0. The lowest BCUT2D eigenvalue weighted by Gasteiger charge is -2.13. The van der Waals surface area contributed by atoms with Crippen LogP contribution in [-0.2, 0) is 11.3 Å². The van der Waals surface area contributed by atoms with E-state index in [0.717, 1.165) is 27.4 Å². The number of rotatable bonds is 5. The number of ether oxygens (including phenoxy) is 1. The van der Waals surface area contributed by atoms with Crippen molar-refractivity contribution in [1.29, 1.82) is 0 Å². The molecule has 21 heavy (non-hydrogen) atoms. The molecule has 110 valence electrons. The zero-order valence-corrected chi connectivity index (χ0v) is 13.8. The number of benzene rings is 1. The minimum atomic E-state index is 0.455. The van der Waals surface area contributed by atoms with Gasteiger partial charge in [-0.1, -0.05) is 24.3 Å². The second kappa shape index (κ2) is 6.12. The van der Waals surface area contributed by atoms with E-state index in [-0.39, 0.29) is 0 Å². The van der Waals surface area contributed by atoms with E-state index < -0.39 is 0 Å². The maximum atomic E-state index is 5.24. The first kappa shape index (κ1) is 14.5. The summed E-state index contributed by atoms with van der Waals surface area (Å²) in [6.07, 6.45) is 2.52. The number of anilines is 1. The Kier molecular flexibility index (Phi) is 4.22. The fourth-order valence-electron chi connectivity index (χ4n) is 2.46. The largest absolute Gasteiger partial charge is 0.378 e. The Bertz CT molecular complexity index is 656. The SMILES string of the molecule is CNc1nc(-c2ccccc2C2CC2)nc(COC)c1Br. The third kappa shape index (κ3) is 2.94. The fourth-order valence-corrected chi connectivity index (χ4v) is 2.95. The van der Waals surface area contributed by atoms with E-state index in [1.165, 1.54) is 18.4 Å². The lowest BCUT2D eigenvalue weighted by molar-refractivity contribution is 0.181. The molecule has 1 aliphatic rings. The Hall–Kier alpha value is -1.46. The lowest BCUT2D eigenvalue weighted by Crippen LogP contribution is -2.05. The normalized spacial score (nSPS) is 14.2. The number of halogens is 1. The number of hydrogen-bond acceptors (Lipinski definition) is 4. The second-order valence-corrected chi connectivity index (χ2v) is 5.99. The van der Waals surface area contributed by atoms with E-state index in [1.807, 2.05) is 13.1 Å². The third-order valence-electron chi connectivity index (χ3n) is 3.66. The van der Waals surface area contributed by atoms with Crippen LogP contribution >= 0.6 is 15.9 Å². The van der Waals surface area contributed by atoms with Crippen LogP contribution in [0.25, 0.3) is 11.4 Å². The molecular weight excluding hydrogens is 330 g/mol. The van der Waals surface area contributed by atoms with Gasteiger partial charge in [-0.15, -0.1) is 0 Å². The monoisotopic (exact) mass is 347 g/mol. The van der Waals surface area contributed by atoms with Gasteiger partial charge in [0.25, 0.3) is 0 Å². The highest BCUT2D eigenvalue weighted by Crippen LogP contribution is 2.44. The highest BCUT2D eigenvalue weighted by molar-refractivity contribution is 9.10. The fraction of sp³-hybridized carbons (Fsp3) is 0.375. The molecule has 0 radical (unpaired) electrons. The second-order valence-electron chi connectivity index (χ2n) is 5.20. The van der Waals surface area contributed by atoms with Gasteiger partial charge in [-0.25, -0.2) is 9.97 Å². The number of hydrogen-bond donors (Lipinski definition) is 1. The molecule has 5 heteroatoms. The molecule has 1 aromatic heterocycles. The smallest absolute Gasteiger partial charge is 0.162 e. The predicted octanol–water partition coefficient (Wildman–Crippen LogP) is 3.97. The molecule has 1 saturated carbocycles. The number of aromatic nitrogens is 2. The molecule has 1 aromatic carbocycles. The van der Waals surface area contributed by atoms with Crippen molar-refractivity contribution in [3.63, 3.8) is 0 Å². The first-order valence-corrected chi connectivity index (χ1v) is 7.86. The quantitative estimate of drug-likeness (QED) is 0.888. The van der Waals surface area contributed by atoms with Gasteiger partial charge in [0, 0.05) is 19.7 Å². The summed E-state index contributed by atoms with van der Waals surface area (Å²) in [6, 6.07) is 8.42. The Labute approximate surface area is 133 Å². The van der Waals surface area contributed by atoms with Gasteiger partial charge in [-0.05, 0) is 40.3 Å². The van der Waals surface area contributed by atoms with Gasteiger partial charge in [0.2, 0.25) is 0 Å². The van der Waals surface area contributed by atoms with Crippen LogP contribution in [0.2, 0.25) is 0 Å². The van der Waals surface area contributed by atoms with Crippen molar-refractivity contribution in [2.45, 2.75) is 25.4 Å². The molecule has 1 aliphatic carbocycles. The highest BCUT2D eigenvalue weighted by atomic mass is 79.9. The van der Waals surface area contributed by atoms with E-state index in [0.29, 0.717) is 12.5 Å². The van der Waals surface area contributed by atoms with Crippen molar-refractivity contribution >= 4 is 21.7 Å². The number of nitrogens with one attached hydrogen (secondary N) is 1. The minimum absolute atomic E-state index is 0.455. The summed E-state index contributed by atoms with van der Waals surface area (Å²) in [7, 11) is 3.53. The molecule has 0 saturated heterocycles. The third-order valence-corrected chi connectivity index (χ3v) is 4.49. The van der Waals surface area contributed by atoms with Crippen molar-refractivity contribution in [1.82, 2.24) is 9.97 Å². The van der Waals surface area contributed by atoms with E-state index in [9.17, 15) is 0 Å². The Morgan fingerprint density at radius 2 is 2.05 bits per heavy atom. The van der Waals surface area contributed by atoms with Crippen molar-refractivity contribution in [3.8, 4) is 11.4 Å². The summed E-state index contributed by atoms with van der Waals surface area (Å²) in [5, 5.41) is 3.11. The van der Waals surface area contributed by atoms with Crippen LogP contribution in [0, 0.1) is 0 Å². The van der Waals surface area contributed by atoms with E-state index in [2.05, 4.69) is 49.4 Å². The van der Waals surface area contributed by atoms with Gasteiger partial charge in [0.1, 0.15) is 5.82 Å². The summed E-state index contributed by atoms with van der Waals surface area (Å²) in [4.78, 5) is 9.34. The molecule has 1 N–H and O–H groups in total. The maximum Gasteiger partial charge on any atom is 0.162 e. The molecule has 0 amide bonds. The van der Waals surface area contributed by atoms with Gasteiger partial charge in [-0.2, -0.15) is 0 Å². The van der Waals surface area contributed by atoms with Crippen LogP contribution in [0.5, 0.6) is 0 Å². The molecule has 0 bridgehead atoms. The average molecular weight is 348 g/mol. The number of methoxy groups -OCH3 is 1. The molecule has 4 nitrogen and oxygen atoms in total. The molecule has 2 aromatic rings. The van der Waals surface area contributed by atoms with Crippen molar-refractivity contribution in [3.05, 3.63) is 40.0 Å². The van der Waals surface area contributed by atoms with Gasteiger partial charge >= 0.3 is 0 Å². The van der Waals surface area contributed by atoms with Crippen LogP contribution < -0.4 is 5.32 Å². The van der Waals surface area contributed by atoms with E-state index >= 15 is 0 Å². The zero-order chi connectivity index (χ0) is 14.8. The van der Waals surface area contributed by atoms with E-state index in [1.54, 1.807) is 7.11 Å². The van der Waals surface area contributed by atoms with E-state index in [4.69, 9.17) is 4.74 Å². The summed E-state index contributed by atoms with van der Waals surface area (Å²) in [5.41, 5.74) is 3.34. The van der Waals surface area contributed by atoms with Crippen molar-refractivity contribution in [2.75, 3.05) is 19.5 Å². The van der Waals surface area contributed by atoms with Crippen LogP contribution in [-0.4, -0.2) is 24.1 Å². The summed E-state index contributed by atoms with van der Waals surface area (Å²) < 4.78 is 6.10. The van der Waals surface area contributed by atoms with Crippen molar-refractivity contribution < 1.29 is 4.74 Å². The van der Waals surface area contributed by atoms with Gasteiger partial charge < -0.3 is 10.1 Å². The molecule has 1 heterocycles. The van der Waals surface area contributed by atoms with Crippen LogP contribution in [0.3, 0.4) is 0 Å². The molecule has 1 fully saturated rings. The molecule has 3 rings (SSSR count). The first-order chi connectivity index (χ1) is 10.2. The predicted molar refractivity (Wildman–Crippen MR) is 87.4 cm³/mol. The summed E-state index contributed by atoms with van der Waals surface area (Å²) in [5.74, 6) is 2.21. The maximum absolute atomic E-state index is 5.24. The summed E-state index contributed by atoms with van der Waals surface area (Å²) >= 11 is 3.54. The zero-order valence-electron chi connectivity index (χ0n) is 12.2. The van der Waals surface area contributed by atoms with Crippen LogP contribution in [0.15, 0.2) is 28.7 Å². The molecule has 0 aliphatic heterocycles. The average Bonchev–Trinajstić information content (AvgIpc) is 3.34. The number of nitrogens with zero attached hydrogens (tertiary/aromatic N) is 2. The first-order valence-electron chi connectivity index (χ1n) is 7.07. The molecule has 0 atom stereocenters. The Morgan fingerprint density at radius 1 is 1.29 bits per heavy atom. The topological polar surface area (TPSA) is 47.0 Å². The Morgan fingerprint density at radius 3 is 2.71 bits per heavy atom. The van der Waals surface area contributed by atoms with Gasteiger partial charge in [0.05, 0.1) is 16.8 Å². The van der Waals surface area contributed by atoms with Gasteiger partial charge in [0.15, 0.2) is 5.82 Å².